The summed E-state index contributed by atoms with van der Waals surface area (Å²) in [5, 5.41) is 9.69. The third-order valence-corrected chi connectivity index (χ3v) is 6.58. The summed E-state index contributed by atoms with van der Waals surface area (Å²) >= 11 is 1.82. The summed E-state index contributed by atoms with van der Waals surface area (Å²) in [6.45, 7) is 3.18. The van der Waals surface area contributed by atoms with Crippen molar-refractivity contribution in [2.45, 2.75) is 25.4 Å². The lowest BCUT2D eigenvalue weighted by Crippen LogP contribution is -2.43. The van der Waals surface area contributed by atoms with Gasteiger partial charge in [-0.1, -0.05) is 36.4 Å². The first kappa shape index (κ1) is 16.8. The minimum atomic E-state index is 0.591. The molecule has 1 saturated heterocycles. The van der Waals surface area contributed by atoms with Gasteiger partial charge in [0.25, 0.3) is 0 Å². The fourth-order valence-corrected chi connectivity index (χ4v) is 4.99. The van der Waals surface area contributed by atoms with Crippen LogP contribution in [-0.4, -0.2) is 19.1 Å². The summed E-state index contributed by atoms with van der Waals surface area (Å²) in [6, 6.07) is 25.3. The van der Waals surface area contributed by atoms with Gasteiger partial charge in [-0.2, -0.15) is 0 Å². The Kier molecular flexibility index (Phi) is 4.56. The van der Waals surface area contributed by atoms with E-state index in [0.29, 0.717) is 6.04 Å². The average molecular weight is 373 g/mol. The van der Waals surface area contributed by atoms with Crippen molar-refractivity contribution < 1.29 is 0 Å². The van der Waals surface area contributed by atoms with Crippen molar-refractivity contribution in [2.24, 2.45) is 0 Å². The van der Waals surface area contributed by atoms with Crippen LogP contribution in [0.5, 0.6) is 0 Å². The van der Waals surface area contributed by atoms with E-state index >= 15 is 0 Å². The molecular weight excluding hydrogens is 348 g/mol. The number of benzene rings is 3. The van der Waals surface area contributed by atoms with Gasteiger partial charge in [-0.05, 0) is 83.4 Å². The molecule has 1 N–H and O–H groups in total. The lowest BCUT2D eigenvalue weighted by Gasteiger charge is -2.36. The number of fused-ring (bicyclic) bond motifs is 2. The highest BCUT2D eigenvalue weighted by atomic mass is 32.1. The zero-order valence-electron chi connectivity index (χ0n) is 15.4. The molecule has 0 bridgehead atoms. The van der Waals surface area contributed by atoms with E-state index in [1.54, 1.807) is 0 Å². The van der Waals surface area contributed by atoms with Crippen LogP contribution in [0.4, 0.5) is 5.69 Å². The Hall–Kier alpha value is -2.36. The second-order valence-corrected chi connectivity index (χ2v) is 8.38. The minimum Gasteiger partial charge on any atom is -0.364 e. The molecule has 136 valence electrons. The molecule has 0 amide bonds. The molecule has 0 radical (unpaired) electrons. The predicted molar refractivity (Wildman–Crippen MR) is 118 cm³/mol. The summed E-state index contributed by atoms with van der Waals surface area (Å²) in [7, 11) is 0. The van der Waals surface area contributed by atoms with Gasteiger partial charge < -0.3 is 10.2 Å². The molecule has 3 heteroatoms. The highest BCUT2D eigenvalue weighted by Gasteiger charge is 2.22. The fraction of sp³-hybridized carbons (Fsp3) is 0.250. The highest BCUT2D eigenvalue weighted by molar-refractivity contribution is 7.17. The lowest BCUT2D eigenvalue weighted by molar-refractivity contribution is 0.428. The number of rotatable bonds is 4. The van der Waals surface area contributed by atoms with E-state index < -0.39 is 0 Å². The fourth-order valence-electron chi connectivity index (χ4n) is 4.22. The van der Waals surface area contributed by atoms with Crippen molar-refractivity contribution in [2.75, 3.05) is 18.0 Å². The van der Waals surface area contributed by atoms with Crippen molar-refractivity contribution in [3.8, 4) is 0 Å². The molecule has 1 aliphatic heterocycles. The van der Waals surface area contributed by atoms with Crippen molar-refractivity contribution in [3.63, 3.8) is 0 Å². The molecule has 4 aromatic rings. The van der Waals surface area contributed by atoms with Crippen LogP contribution in [0.25, 0.3) is 20.9 Å². The summed E-state index contributed by atoms with van der Waals surface area (Å²) in [5.41, 5.74) is 2.73. The number of thiophene rings is 1. The Morgan fingerprint density at radius 1 is 0.852 bits per heavy atom. The van der Waals surface area contributed by atoms with Gasteiger partial charge in [-0.25, -0.2) is 0 Å². The summed E-state index contributed by atoms with van der Waals surface area (Å²) in [4.78, 5) is 2.63. The Morgan fingerprint density at radius 3 is 2.59 bits per heavy atom. The van der Waals surface area contributed by atoms with Crippen molar-refractivity contribution in [3.05, 3.63) is 77.7 Å². The SMILES string of the molecule is c1ccc2cc(CN(c3ccc4sccc4c3)C3CCNCC3)ccc2c1. The summed E-state index contributed by atoms with van der Waals surface area (Å²) in [6.07, 6.45) is 2.41. The van der Waals surface area contributed by atoms with Gasteiger partial charge in [0.05, 0.1) is 0 Å². The maximum atomic E-state index is 3.51. The standard InChI is InChI=1S/C24H24N2S/c1-2-4-20-15-18(5-6-19(20)3-1)17-26(22-9-12-25-13-10-22)23-7-8-24-21(16-23)11-14-27-24/h1-8,11,14-16,22,25H,9-10,12-13,17H2. The third kappa shape index (κ3) is 3.45. The van der Waals surface area contributed by atoms with Crippen LogP contribution in [0.3, 0.4) is 0 Å². The summed E-state index contributed by atoms with van der Waals surface area (Å²) in [5.74, 6) is 0. The van der Waals surface area contributed by atoms with Crippen LogP contribution in [0.1, 0.15) is 18.4 Å². The first-order valence-electron chi connectivity index (χ1n) is 9.79. The third-order valence-electron chi connectivity index (χ3n) is 5.68. The number of piperidine rings is 1. The van der Waals surface area contributed by atoms with Gasteiger partial charge in [-0.15, -0.1) is 11.3 Å². The number of nitrogens with zero attached hydrogens (tertiary/aromatic N) is 1. The van der Waals surface area contributed by atoms with E-state index in [-0.39, 0.29) is 0 Å². The molecule has 0 spiro atoms. The predicted octanol–water partition coefficient (Wildman–Crippen LogP) is 5.81. The molecule has 5 rings (SSSR count). The Bertz CT molecular complexity index is 1060. The van der Waals surface area contributed by atoms with Crippen LogP contribution < -0.4 is 10.2 Å². The molecule has 1 aliphatic rings. The van der Waals surface area contributed by atoms with Gasteiger partial charge in [0.15, 0.2) is 0 Å². The largest absolute Gasteiger partial charge is 0.364 e. The smallest absolute Gasteiger partial charge is 0.0432 e. The first-order valence-corrected chi connectivity index (χ1v) is 10.7. The Morgan fingerprint density at radius 2 is 1.70 bits per heavy atom. The monoisotopic (exact) mass is 372 g/mol. The second-order valence-electron chi connectivity index (χ2n) is 7.43. The van der Waals surface area contributed by atoms with Gasteiger partial charge in [0.1, 0.15) is 0 Å². The van der Waals surface area contributed by atoms with Crippen LogP contribution in [0, 0.1) is 0 Å². The first-order chi connectivity index (χ1) is 13.4. The average Bonchev–Trinajstić information content (AvgIpc) is 3.20. The van der Waals surface area contributed by atoms with Crippen LogP contribution >= 0.6 is 11.3 Å². The maximum Gasteiger partial charge on any atom is 0.0432 e. The molecule has 0 aliphatic carbocycles. The van der Waals surface area contributed by atoms with Gasteiger partial charge in [0.2, 0.25) is 0 Å². The summed E-state index contributed by atoms with van der Waals surface area (Å²) < 4.78 is 1.37. The van der Waals surface area contributed by atoms with E-state index in [2.05, 4.69) is 82.3 Å². The molecule has 1 fully saturated rings. The zero-order valence-corrected chi connectivity index (χ0v) is 16.2. The topological polar surface area (TPSA) is 15.3 Å². The van der Waals surface area contributed by atoms with E-state index in [4.69, 9.17) is 0 Å². The molecular formula is C24H24N2S. The van der Waals surface area contributed by atoms with Gasteiger partial charge in [-0.3, -0.25) is 0 Å². The van der Waals surface area contributed by atoms with Gasteiger partial charge >= 0.3 is 0 Å². The van der Waals surface area contributed by atoms with E-state index in [9.17, 15) is 0 Å². The zero-order chi connectivity index (χ0) is 18.1. The molecule has 3 aromatic carbocycles. The molecule has 2 nitrogen and oxygen atoms in total. The van der Waals surface area contributed by atoms with Crippen LogP contribution in [0.15, 0.2) is 72.1 Å². The Balaban J connectivity index is 1.51. The van der Waals surface area contributed by atoms with Crippen molar-refractivity contribution in [1.82, 2.24) is 5.32 Å². The van der Waals surface area contributed by atoms with E-state index in [0.717, 1.165) is 19.6 Å². The number of hydrogen-bond acceptors (Lipinski definition) is 3. The number of anilines is 1. The maximum absolute atomic E-state index is 3.51. The van der Waals surface area contributed by atoms with Crippen LogP contribution in [-0.2, 0) is 6.54 Å². The van der Waals surface area contributed by atoms with Crippen LogP contribution in [0.2, 0.25) is 0 Å². The molecule has 27 heavy (non-hydrogen) atoms. The molecule has 0 unspecified atom stereocenters. The normalized spacial score (nSPS) is 15.4. The molecule has 0 saturated carbocycles. The molecule has 0 atom stereocenters. The minimum absolute atomic E-state index is 0.591. The van der Waals surface area contributed by atoms with Crippen molar-refractivity contribution in [1.29, 1.82) is 0 Å². The quantitative estimate of drug-likeness (QED) is 0.486. The lowest BCUT2D eigenvalue weighted by atomic mass is 10.0. The number of hydrogen-bond donors (Lipinski definition) is 1. The highest BCUT2D eigenvalue weighted by Crippen LogP contribution is 2.30. The van der Waals surface area contributed by atoms with Gasteiger partial charge in [0, 0.05) is 23.0 Å². The van der Waals surface area contributed by atoms with Crippen molar-refractivity contribution >= 4 is 37.9 Å². The molecule has 2 heterocycles. The second kappa shape index (κ2) is 7.34. The van der Waals surface area contributed by atoms with E-state index in [1.807, 2.05) is 11.3 Å². The number of nitrogens with one attached hydrogen (secondary N) is 1. The molecule has 1 aromatic heterocycles. The Labute approximate surface area is 164 Å². The van der Waals surface area contributed by atoms with E-state index in [1.165, 1.54) is 45.0 Å².